The smallest absolute Gasteiger partial charge is 0.410 e. The van der Waals surface area contributed by atoms with Crippen LogP contribution in [0.5, 0.6) is 0 Å². The van der Waals surface area contributed by atoms with E-state index >= 15 is 0 Å². The van der Waals surface area contributed by atoms with Crippen LogP contribution in [0.4, 0.5) is 16.2 Å². The fourth-order valence-corrected chi connectivity index (χ4v) is 3.01. The van der Waals surface area contributed by atoms with Crippen molar-refractivity contribution in [1.29, 1.82) is 0 Å². The molecule has 1 saturated heterocycles. The summed E-state index contributed by atoms with van der Waals surface area (Å²) in [5.41, 5.74) is 8.64. The molecule has 1 fully saturated rings. The van der Waals surface area contributed by atoms with Crippen molar-refractivity contribution in [3.63, 3.8) is 0 Å². The largest absolute Gasteiger partial charge is 0.444 e. The molecule has 0 saturated carbocycles. The van der Waals surface area contributed by atoms with Crippen molar-refractivity contribution >= 4 is 17.5 Å². The van der Waals surface area contributed by atoms with Gasteiger partial charge in [-0.05, 0) is 57.2 Å². The van der Waals surface area contributed by atoms with E-state index in [-0.39, 0.29) is 6.09 Å². The lowest BCUT2D eigenvalue weighted by molar-refractivity contribution is 0.0205. The summed E-state index contributed by atoms with van der Waals surface area (Å²) in [5.74, 6) is 0.425. The lowest BCUT2D eigenvalue weighted by Gasteiger charge is -2.33. The number of carbonyl (C=O) groups excluding carboxylic acids is 1. The number of rotatable bonds is 5. The molecular formula is C19H31N3O3. The minimum absolute atomic E-state index is 0.219. The molecule has 1 aliphatic rings. The molecule has 0 spiro atoms. The van der Waals surface area contributed by atoms with E-state index in [2.05, 4.69) is 11.4 Å². The first-order chi connectivity index (χ1) is 11.8. The molecule has 6 heteroatoms. The standard InChI is InChI=1S/C19H31N3O3/c1-19(2,3)25-18(23)22-10-7-14(8-11-22)15-5-6-17(16(20)13-15)21-9-12-24-4/h5-6,13-14,21H,7-12,20H2,1-4H3. The summed E-state index contributed by atoms with van der Waals surface area (Å²) < 4.78 is 10.5. The van der Waals surface area contributed by atoms with Crippen molar-refractivity contribution in [3.05, 3.63) is 23.8 Å². The Morgan fingerprint density at radius 2 is 2.00 bits per heavy atom. The highest BCUT2D eigenvalue weighted by atomic mass is 16.6. The van der Waals surface area contributed by atoms with Crippen LogP contribution in [0.3, 0.4) is 0 Å². The van der Waals surface area contributed by atoms with Gasteiger partial charge in [0.2, 0.25) is 0 Å². The molecule has 1 aromatic carbocycles. The van der Waals surface area contributed by atoms with Crippen LogP contribution in [0.2, 0.25) is 0 Å². The molecule has 0 radical (unpaired) electrons. The van der Waals surface area contributed by atoms with Crippen LogP contribution in [-0.2, 0) is 9.47 Å². The molecule has 3 N–H and O–H groups in total. The number of nitrogens with two attached hydrogens (primary N) is 1. The summed E-state index contributed by atoms with van der Waals surface area (Å²) in [6.45, 7) is 8.48. The summed E-state index contributed by atoms with van der Waals surface area (Å²) in [7, 11) is 1.68. The molecule has 0 atom stereocenters. The second-order valence-corrected chi connectivity index (χ2v) is 7.51. The van der Waals surface area contributed by atoms with Crippen LogP contribution in [0, 0.1) is 0 Å². The van der Waals surface area contributed by atoms with Gasteiger partial charge in [-0.15, -0.1) is 0 Å². The first-order valence-corrected chi connectivity index (χ1v) is 8.90. The molecule has 25 heavy (non-hydrogen) atoms. The summed E-state index contributed by atoms with van der Waals surface area (Å²) in [6.07, 6.45) is 1.63. The molecule has 0 unspecified atom stereocenters. The van der Waals surface area contributed by atoms with E-state index in [9.17, 15) is 4.79 Å². The number of nitrogen functional groups attached to an aromatic ring is 1. The van der Waals surface area contributed by atoms with Gasteiger partial charge in [0.15, 0.2) is 0 Å². The molecule has 1 amide bonds. The summed E-state index contributed by atoms with van der Waals surface area (Å²) in [4.78, 5) is 13.9. The van der Waals surface area contributed by atoms with Crippen LogP contribution < -0.4 is 11.1 Å². The summed E-state index contributed by atoms with van der Waals surface area (Å²) >= 11 is 0. The third kappa shape index (κ3) is 5.81. The van der Waals surface area contributed by atoms with E-state index in [4.69, 9.17) is 15.2 Å². The van der Waals surface area contributed by atoms with Gasteiger partial charge in [0.05, 0.1) is 18.0 Å². The highest BCUT2D eigenvalue weighted by Gasteiger charge is 2.27. The molecule has 0 bridgehead atoms. The van der Waals surface area contributed by atoms with Gasteiger partial charge in [-0.2, -0.15) is 0 Å². The van der Waals surface area contributed by atoms with Crippen molar-refractivity contribution in [2.45, 2.75) is 45.1 Å². The Morgan fingerprint density at radius 1 is 1.32 bits per heavy atom. The monoisotopic (exact) mass is 349 g/mol. The number of methoxy groups -OCH3 is 1. The van der Waals surface area contributed by atoms with Gasteiger partial charge in [0, 0.05) is 26.7 Å². The Bertz CT molecular complexity index is 576. The number of nitrogens with one attached hydrogen (secondary N) is 1. The van der Waals surface area contributed by atoms with Gasteiger partial charge in [-0.3, -0.25) is 0 Å². The molecule has 0 aromatic heterocycles. The Morgan fingerprint density at radius 3 is 2.56 bits per heavy atom. The number of anilines is 2. The Labute approximate surface area is 150 Å². The van der Waals surface area contributed by atoms with E-state index in [1.165, 1.54) is 5.56 Å². The van der Waals surface area contributed by atoms with Gasteiger partial charge in [0.1, 0.15) is 5.60 Å². The van der Waals surface area contributed by atoms with E-state index in [1.54, 1.807) is 12.0 Å². The Balaban J connectivity index is 1.90. The van der Waals surface area contributed by atoms with Crippen molar-refractivity contribution < 1.29 is 14.3 Å². The zero-order chi connectivity index (χ0) is 18.4. The lowest BCUT2D eigenvalue weighted by Crippen LogP contribution is -2.41. The van der Waals surface area contributed by atoms with Crippen molar-refractivity contribution in [1.82, 2.24) is 4.90 Å². The zero-order valence-electron chi connectivity index (χ0n) is 15.8. The maximum Gasteiger partial charge on any atom is 0.410 e. The van der Waals surface area contributed by atoms with Crippen LogP contribution in [-0.4, -0.2) is 49.9 Å². The van der Waals surface area contributed by atoms with Crippen LogP contribution in [0.25, 0.3) is 0 Å². The topological polar surface area (TPSA) is 76.8 Å². The van der Waals surface area contributed by atoms with E-state index in [0.29, 0.717) is 25.6 Å². The van der Waals surface area contributed by atoms with Crippen LogP contribution >= 0.6 is 0 Å². The van der Waals surface area contributed by atoms with Crippen molar-refractivity contribution in [3.8, 4) is 0 Å². The van der Waals surface area contributed by atoms with Crippen LogP contribution in [0.15, 0.2) is 18.2 Å². The number of benzene rings is 1. The molecule has 0 aliphatic carbocycles. The second kappa shape index (κ2) is 8.43. The predicted octanol–water partition coefficient (Wildman–Crippen LogP) is 3.44. The molecule has 1 heterocycles. The minimum Gasteiger partial charge on any atom is -0.444 e. The van der Waals surface area contributed by atoms with Gasteiger partial charge >= 0.3 is 6.09 Å². The predicted molar refractivity (Wildman–Crippen MR) is 101 cm³/mol. The quantitative estimate of drug-likeness (QED) is 0.629. The average Bonchev–Trinajstić information content (AvgIpc) is 2.55. The Hall–Kier alpha value is -1.95. The van der Waals surface area contributed by atoms with Gasteiger partial charge in [-0.1, -0.05) is 6.07 Å². The number of amides is 1. The average molecular weight is 349 g/mol. The maximum atomic E-state index is 12.1. The molecule has 140 valence electrons. The van der Waals surface area contributed by atoms with Crippen molar-refractivity contribution in [2.75, 3.05) is 44.4 Å². The number of hydrogen-bond acceptors (Lipinski definition) is 5. The number of piperidine rings is 1. The third-order valence-electron chi connectivity index (χ3n) is 4.32. The number of hydrogen-bond donors (Lipinski definition) is 2. The van der Waals surface area contributed by atoms with E-state index in [1.807, 2.05) is 32.9 Å². The molecular weight excluding hydrogens is 318 g/mol. The third-order valence-corrected chi connectivity index (χ3v) is 4.32. The number of likely N-dealkylation sites (tertiary alicyclic amines) is 1. The van der Waals surface area contributed by atoms with Gasteiger partial charge in [0.25, 0.3) is 0 Å². The maximum absolute atomic E-state index is 12.1. The minimum atomic E-state index is -0.450. The van der Waals surface area contributed by atoms with Crippen LogP contribution in [0.1, 0.15) is 45.1 Å². The fraction of sp³-hybridized carbons (Fsp3) is 0.632. The fourth-order valence-electron chi connectivity index (χ4n) is 3.01. The first kappa shape index (κ1) is 19.4. The van der Waals surface area contributed by atoms with Gasteiger partial charge < -0.3 is 25.4 Å². The summed E-state index contributed by atoms with van der Waals surface area (Å²) in [5, 5.41) is 3.27. The Kier molecular flexibility index (Phi) is 6.53. The summed E-state index contributed by atoms with van der Waals surface area (Å²) in [6, 6.07) is 6.20. The highest BCUT2D eigenvalue weighted by Crippen LogP contribution is 2.32. The van der Waals surface area contributed by atoms with E-state index in [0.717, 1.165) is 30.8 Å². The van der Waals surface area contributed by atoms with Gasteiger partial charge in [-0.25, -0.2) is 4.79 Å². The first-order valence-electron chi connectivity index (χ1n) is 8.90. The number of nitrogens with zero attached hydrogens (tertiary/aromatic N) is 1. The molecule has 2 rings (SSSR count). The second-order valence-electron chi connectivity index (χ2n) is 7.51. The number of carbonyl (C=O) groups is 1. The van der Waals surface area contributed by atoms with Crippen molar-refractivity contribution in [2.24, 2.45) is 0 Å². The number of ether oxygens (including phenoxy) is 2. The lowest BCUT2D eigenvalue weighted by atomic mass is 9.89. The van der Waals surface area contributed by atoms with E-state index < -0.39 is 5.60 Å². The SMILES string of the molecule is COCCNc1ccc(C2CCN(C(=O)OC(C)(C)C)CC2)cc1N. The molecule has 1 aromatic rings. The molecule has 6 nitrogen and oxygen atoms in total. The highest BCUT2D eigenvalue weighted by molar-refractivity contribution is 5.69. The normalized spacial score (nSPS) is 15.9. The zero-order valence-corrected chi connectivity index (χ0v) is 15.8. The molecule has 1 aliphatic heterocycles.